The molecule has 0 aliphatic heterocycles. The summed E-state index contributed by atoms with van der Waals surface area (Å²) in [5, 5.41) is 4.39. The van der Waals surface area contributed by atoms with Crippen LogP contribution in [0.5, 0.6) is 0 Å². The van der Waals surface area contributed by atoms with Gasteiger partial charge >= 0.3 is 0 Å². The molecule has 100 valence electrons. The SMILES string of the molecule is Cc1ccc2ncnc(NCc3cccc(C)n3)c2c1. The number of hydrogen-bond donors (Lipinski definition) is 1. The van der Waals surface area contributed by atoms with Gasteiger partial charge < -0.3 is 5.32 Å². The number of nitrogens with zero attached hydrogens (tertiary/aromatic N) is 3. The van der Waals surface area contributed by atoms with E-state index in [1.165, 1.54) is 5.56 Å². The van der Waals surface area contributed by atoms with Gasteiger partial charge in [-0.25, -0.2) is 9.97 Å². The Morgan fingerprint density at radius 2 is 1.95 bits per heavy atom. The summed E-state index contributed by atoms with van der Waals surface area (Å²) in [6.07, 6.45) is 1.59. The van der Waals surface area contributed by atoms with Crippen molar-refractivity contribution in [3.63, 3.8) is 0 Å². The van der Waals surface area contributed by atoms with Gasteiger partial charge in [-0.2, -0.15) is 0 Å². The molecule has 0 fully saturated rings. The third-order valence-corrected chi connectivity index (χ3v) is 3.17. The molecule has 0 amide bonds. The van der Waals surface area contributed by atoms with Crippen molar-refractivity contribution in [2.45, 2.75) is 20.4 Å². The molecule has 4 heteroatoms. The zero-order valence-corrected chi connectivity index (χ0v) is 11.6. The molecular weight excluding hydrogens is 248 g/mol. The second-order valence-electron chi connectivity index (χ2n) is 4.87. The number of nitrogens with one attached hydrogen (secondary N) is 1. The molecule has 1 aromatic carbocycles. The molecular formula is C16H16N4. The average molecular weight is 264 g/mol. The normalized spacial score (nSPS) is 10.7. The fourth-order valence-electron chi connectivity index (χ4n) is 2.18. The molecule has 0 atom stereocenters. The van der Waals surface area contributed by atoms with E-state index in [-0.39, 0.29) is 0 Å². The molecule has 3 aromatic rings. The molecule has 20 heavy (non-hydrogen) atoms. The van der Waals surface area contributed by atoms with E-state index in [1.54, 1.807) is 6.33 Å². The number of hydrogen-bond acceptors (Lipinski definition) is 4. The Kier molecular flexibility index (Phi) is 3.29. The van der Waals surface area contributed by atoms with Crippen LogP contribution in [0.1, 0.15) is 17.0 Å². The lowest BCUT2D eigenvalue weighted by atomic mass is 10.1. The molecule has 0 unspecified atom stereocenters. The van der Waals surface area contributed by atoms with Gasteiger partial charge in [0.1, 0.15) is 12.1 Å². The maximum atomic E-state index is 4.48. The van der Waals surface area contributed by atoms with Crippen molar-refractivity contribution in [1.29, 1.82) is 0 Å². The Bertz CT molecular complexity index is 752. The van der Waals surface area contributed by atoms with Gasteiger partial charge in [0.2, 0.25) is 0 Å². The molecule has 2 heterocycles. The number of aromatic nitrogens is 3. The van der Waals surface area contributed by atoms with E-state index in [9.17, 15) is 0 Å². The molecule has 4 nitrogen and oxygen atoms in total. The first-order valence-corrected chi connectivity index (χ1v) is 6.60. The smallest absolute Gasteiger partial charge is 0.137 e. The molecule has 0 radical (unpaired) electrons. The summed E-state index contributed by atoms with van der Waals surface area (Å²) in [5.41, 5.74) is 4.17. The summed E-state index contributed by atoms with van der Waals surface area (Å²) >= 11 is 0. The molecule has 3 rings (SSSR count). The highest BCUT2D eigenvalue weighted by Crippen LogP contribution is 2.20. The lowest BCUT2D eigenvalue weighted by molar-refractivity contribution is 1.00. The molecule has 0 saturated heterocycles. The van der Waals surface area contributed by atoms with Crippen LogP contribution in [-0.4, -0.2) is 15.0 Å². The van der Waals surface area contributed by atoms with Crippen LogP contribution in [0.15, 0.2) is 42.7 Å². The molecule has 0 spiro atoms. The second-order valence-corrected chi connectivity index (χ2v) is 4.87. The third-order valence-electron chi connectivity index (χ3n) is 3.17. The van der Waals surface area contributed by atoms with Crippen LogP contribution in [0.4, 0.5) is 5.82 Å². The molecule has 0 saturated carbocycles. The summed E-state index contributed by atoms with van der Waals surface area (Å²) in [6, 6.07) is 12.2. The highest BCUT2D eigenvalue weighted by Gasteiger charge is 2.04. The summed E-state index contributed by atoms with van der Waals surface area (Å²) in [7, 11) is 0. The summed E-state index contributed by atoms with van der Waals surface area (Å²) in [5.74, 6) is 0.849. The number of rotatable bonds is 3. The van der Waals surface area contributed by atoms with E-state index in [1.807, 2.05) is 31.2 Å². The van der Waals surface area contributed by atoms with Crippen molar-refractivity contribution in [3.8, 4) is 0 Å². The topological polar surface area (TPSA) is 50.7 Å². The largest absolute Gasteiger partial charge is 0.364 e. The van der Waals surface area contributed by atoms with Crippen LogP contribution >= 0.6 is 0 Å². The molecule has 0 bridgehead atoms. The Hall–Kier alpha value is -2.49. The van der Waals surface area contributed by atoms with Gasteiger partial charge in [0.25, 0.3) is 0 Å². The highest BCUT2D eigenvalue weighted by atomic mass is 15.0. The minimum atomic E-state index is 0.654. The Balaban J connectivity index is 1.89. The van der Waals surface area contributed by atoms with Crippen molar-refractivity contribution < 1.29 is 0 Å². The van der Waals surface area contributed by atoms with Gasteiger partial charge in [-0.05, 0) is 38.1 Å². The average Bonchev–Trinajstić information content (AvgIpc) is 2.45. The molecule has 0 aliphatic rings. The van der Waals surface area contributed by atoms with E-state index >= 15 is 0 Å². The molecule has 1 N–H and O–H groups in total. The maximum absolute atomic E-state index is 4.48. The van der Waals surface area contributed by atoms with E-state index in [0.717, 1.165) is 28.1 Å². The van der Waals surface area contributed by atoms with Crippen molar-refractivity contribution in [2.75, 3.05) is 5.32 Å². The van der Waals surface area contributed by atoms with Crippen LogP contribution in [0.2, 0.25) is 0 Å². The van der Waals surface area contributed by atoms with Crippen LogP contribution < -0.4 is 5.32 Å². The second kappa shape index (κ2) is 5.25. The minimum absolute atomic E-state index is 0.654. The van der Waals surface area contributed by atoms with Gasteiger partial charge in [0.05, 0.1) is 17.8 Å². The quantitative estimate of drug-likeness (QED) is 0.789. The van der Waals surface area contributed by atoms with Crippen molar-refractivity contribution in [3.05, 3.63) is 59.7 Å². The fourth-order valence-corrected chi connectivity index (χ4v) is 2.18. The van der Waals surface area contributed by atoms with Crippen molar-refractivity contribution >= 4 is 16.7 Å². The zero-order valence-electron chi connectivity index (χ0n) is 11.6. The Labute approximate surface area is 117 Å². The first kappa shape index (κ1) is 12.5. The van der Waals surface area contributed by atoms with Gasteiger partial charge in [-0.3, -0.25) is 4.98 Å². The van der Waals surface area contributed by atoms with Gasteiger partial charge in [0.15, 0.2) is 0 Å². The third kappa shape index (κ3) is 2.59. The van der Waals surface area contributed by atoms with Crippen molar-refractivity contribution in [2.24, 2.45) is 0 Å². The van der Waals surface area contributed by atoms with Crippen LogP contribution in [0.25, 0.3) is 10.9 Å². The number of aryl methyl sites for hydroxylation is 2. The lowest BCUT2D eigenvalue weighted by Crippen LogP contribution is -2.04. The minimum Gasteiger partial charge on any atom is -0.364 e. The fraction of sp³-hybridized carbons (Fsp3) is 0.188. The van der Waals surface area contributed by atoms with E-state index in [0.29, 0.717) is 6.54 Å². The predicted molar refractivity (Wildman–Crippen MR) is 80.6 cm³/mol. The van der Waals surface area contributed by atoms with E-state index < -0.39 is 0 Å². The maximum Gasteiger partial charge on any atom is 0.137 e. The standard InChI is InChI=1S/C16H16N4/c1-11-6-7-15-14(8-11)16(19-10-18-15)17-9-13-5-3-4-12(2)20-13/h3-8,10H,9H2,1-2H3,(H,17,18,19). The first-order chi connectivity index (χ1) is 9.72. The van der Waals surface area contributed by atoms with Crippen LogP contribution in [0, 0.1) is 13.8 Å². The highest BCUT2D eigenvalue weighted by molar-refractivity contribution is 5.89. The molecule has 2 aromatic heterocycles. The van der Waals surface area contributed by atoms with Gasteiger partial charge in [-0.15, -0.1) is 0 Å². The monoisotopic (exact) mass is 264 g/mol. The lowest BCUT2D eigenvalue weighted by Gasteiger charge is -2.08. The Morgan fingerprint density at radius 1 is 1.05 bits per heavy atom. The van der Waals surface area contributed by atoms with Gasteiger partial charge in [-0.1, -0.05) is 17.7 Å². The molecule has 0 aliphatic carbocycles. The van der Waals surface area contributed by atoms with Gasteiger partial charge in [0, 0.05) is 11.1 Å². The van der Waals surface area contributed by atoms with E-state index in [4.69, 9.17) is 0 Å². The van der Waals surface area contributed by atoms with Crippen LogP contribution in [0.3, 0.4) is 0 Å². The number of anilines is 1. The summed E-state index contributed by atoms with van der Waals surface area (Å²) < 4.78 is 0. The predicted octanol–water partition coefficient (Wildman–Crippen LogP) is 3.25. The van der Waals surface area contributed by atoms with Crippen LogP contribution in [-0.2, 0) is 6.54 Å². The number of pyridine rings is 1. The first-order valence-electron chi connectivity index (χ1n) is 6.60. The van der Waals surface area contributed by atoms with E-state index in [2.05, 4.69) is 39.3 Å². The Morgan fingerprint density at radius 3 is 2.80 bits per heavy atom. The zero-order chi connectivity index (χ0) is 13.9. The summed E-state index contributed by atoms with van der Waals surface area (Å²) in [4.78, 5) is 13.1. The number of benzene rings is 1. The summed E-state index contributed by atoms with van der Waals surface area (Å²) in [6.45, 7) is 4.72. The van der Waals surface area contributed by atoms with Crippen molar-refractivity contribution in [1.82, 2.24) is 15.0 Å². The number of fused-ring (bicyclic) bond motifs is 1.